The number of carbonyl (C=O) groups is 1. The lowest BCUT2D eigenvalue weighted by Gasteiger charge is -2.04. The average molecular weight is 330 g/mol. The molecule has 0 fully saturated rings. The summed E-state index contributed by atoms with van der Waals surface area (Å²) in [5.41, 5.74) is 0.294. The van der Waals surface area contributed by atoms with Crippen LogP contribution in [0.1, 0.15) is 10.4 Å². The monoisotopic (exact) mass is 330 g/mol. The van der Waals surface area contributed by atoms with E-state index in [1.807, 2.05) is 0 Å². The van der Waals surface area contributed by atoms with E-state index in [1.165, 1.54) is 37.6 Å². The van der Waals surface area contributed by atoms with Crippen molar-refractivity contribution in [2.45, 2.75) is 0 Å². The molecule has 8 nitrogen and oxygen atoms in total. The number of nitro groups is 1. The van der Waals surface area contributed by atoms with Crippen molar-refractivity contribution in [2.75, 3.05) is 12.4 Å². The van der Waals surface area contributed by atoms with E-state index in [-0.39, 0.29) is 11.5 Å². The molecule has 0 saturated carbocycles. The molecule has 0 spiro atoms. The van der Waals surface area contributed by atoms with Crippen LogP contribution in [0.3, 0.4) is 0 Å². The Morgan fingerprint density at radius 3 is 2.91 bits per heavy atom. The van der Waals surface area contributed by atoms with E-state index in [9.17, 15) is 14.9 Å². The number of rotatable bonds is 4. The van der Waals surface area contributed by atoms with Crippen molar-refractivity contribution >= 4 is 39.0 Å². The van der Waals surface area contributed by atoms with Gasteiger partial charge in [-0.25, -0.2) is 4.98 Å². The van der Waals surface area contributed by atoms with Gasteiger partial charge in [0.25, 0.3) is 11.6 Å². The molecule has 2 aromatic heterocycles. The first-order valence-electron chi connectivity index (χ1n) is 6.43. The van der Waals surface area contributed by atoms with Gasteiger partial charge in [0, 0.05) is 35.3 Å². The van der Waals surface area contributed by atoms with Gasteiger partial charge < -0.3 is 10.1 Å². The number of carbonyl (C=O) groups excluding carboxylic acids is 1. The van der Waals surface area contributed by atoms with Gasteiger partial charge in [-0.15, -0.1) is 0 Å². The van der Waals surface area contributed by atoms with Crippen LogP contribution in [0.5, 0.6) is 5.88 Å². The Balaban J connectivity index is 1.92. The minimum Gasteiger partial charge on any atom is -0.481 e. The highest BCUT2D eigenvalue weighted by molar-refractivity contribution is 7.13. The molecule has 0 radical (unpaired) electrons. The number of nitrogens with one attached hydrogen (secondary N) is 1. The van der Waals surface area contributed by atoms with Gasteiger partial charge in [-0.1, -0.05) is 0 Å². The topological polar surface area (TPSA) is 107 Å². The number of methoxy groups -OCH3 is 1. The quantitative estimate of drug-likeness (QED) is 0.582. The molecule has 9 heteroatoms. The second-order valence-electron chi connectivity index (χ2n) is 4.51. The number of non-ortho nitro benzene ring substituents is 1. The zero-order valence-electron chi connectivity index (χ0n) is 11.8. The van der Waals surface area contributed by atoms with E-state index in [0.29, 0.717) is 16.8 Å². The third-order valence-electron chi connectivity index (χ3n) is 3.10. The maximum atomic E-state index is 12.3. The highest BCUT2D eigenvalue weighted by Crippen LogP contribution is 2.30. The maximum absolute atomic E-state index is 12.3. The molecular formula is C14H10N4O4S. The molecule has 0 unspecified atom stereocenters. The number of amides is 1. The number of fused-ring (bicyclic) bond motifs is 1. The number of aromatic nitrogens is 2. The Kier molecular flexibility index (Phi) is 3.85. The predicted molar refractivity (Wildman–Crippen MR) is 85.0 cm³/mol. The SMILES string of the molecule is COc1cc(C(=O)Nc2nsc3ccc([N+](=O)[O-])cc23)ccn1. The number of hydrogen-bond donors (Lipinski definition) is 1. The summed E-state index contributed by atoms with van der Waals surface area (Å²) in [7, 11) is 1.46. The largest absolute Gasteiger partial charge is 0.481 e. The average Bonchev–Trinajstić information content (AvgIpc) is 2.97. The van der Waals surface area contributed by atoms with Crippen molar-refractivity contribution in [3.05, 3.63) is 52.2 Å². The molecule has 0 aliphatic rings. The smallest absolute Gasteiger partial charge is 0.270 e. The fourth-order valence-corrected chi connectivity index (χ4v) is 2.69. The number of anilines is 1. The summed E-state index contributed by atoms with van der Waals surface area (Å²) in [5.74, 6) is 0.204. The first-order valence-corrected chi connectivity index (χ1v) is 7.21. The van der Waals surface area contributed by atoms with E-state index in [0.717, 1.165) is 16.2 Å². The molecule has 0 bridgehead atoms. The summed E-state index contributed by atoms with van der Waals surface area (Å²) in [6.45, 7) is 0. The highest BCUT2D eigenvalue weighted by Gasteiger charge is 2.15. The van der Waals surface area contributed by atoms with Gasteiger partial charge in [-0.05, 0) is 23.7 Å². The van der Waals surface area contributed by atoms with Crippen LogP contribution in [-0.2, 0) is 0 Å². The molecule has 116 valence electrons. The molecule has 0 saturated heterocycles. The fourth-order valence-electron chi connectivity index (χ4n) is 1.97. The van der Waals surface area contributed by atoms with Crippen molar-refractivity contribution < 1.29 is 14.5 Å². The number of nitrogens with zero attached hydrogens (tertiary/aromatic N) is 3. The minimum atomic E-state index is -0.490. The molecule has 3 aromatic rings. The lowest BCUT2D eigenvalue weighted by molar-refractivity contribution is -0.384. The minimum absolute atomic E-state index is 0.0567. The molecule has 1 amide bonds. The van der Waals surface area contributed by atoms with E-state index >= 15 is 0 Å². The molecule has 1 aromatic carbocycles. The molecule has 0 atom stereocenters. The predicted octanol–water partition coefficient (Wildman–Crippen LogP) is 2.86. The van der Waals surface area contributed by atoms with Gasteiger partial charge in [-0.3, -0.25) is 14.9 Å². The van der Waals surface area contributed by atoms with Crippen LogP contribution in [0.4, 0.5) is 11.5 Å². The lowest BCUT2D eigenvalue weighted by atomic mass is 10.2. The van der Waals surface area contributed by atoms with Gasteiger partial charge in [0.15, 0.2) is 5.82 Å². The summed E-state index contributed by atoms with van der Waals surface area (Å²) in [4.78, 5) is 26.6. The molecule has 2 heterocycles. The molecule has 0 aliphatic carbocycles. The van der Waals surface area contributed by atoms with Crippen LogP contribution in [0.25, 0.3) is 10.1 Å². The third-order valence-corrected chi connectivity index (χ3v) is 3.93. The Labute approximate surface area is 134 Å². The van der Waals surface area contributed by atoms with Crippen LogP contribution in [0.15, 0.2) is 36.5 Å². The number of pyridine rings is 1. The number of nitro benzene ring substituents is 1. The fraction of sp³-hybridized carbons (Fsp3) is 0.0714. The zero-order chi connectivity index (χ0) is 16.4. The lowest BCUT2D eigenvalue weighted by Crippen LogP contribution is -2.12. The summed E-state index contributed by atoms with van der Waals surface area (Å²) in [5, 5.41) is 14.1. The van der Waals surface area contributed by atoms with Gasteiger partial charge in [0.05, 0.1) is 16.7 Å². The maximum Gasteiger partial charge on any atom is 0.270 e. The van der Waals surface area contributed by atoms with Crippen LogP contribution in [-0.4, -0.2) is 27.3 Å². The molecule has 1 N–H and O–H groups in total. The normalized spacial score (nSPS) is 10.5. The van der Waals surface area contributed by atoms with E-state index in [4.69, 9.17) is 4.74 Å². The number of benzene rings is 1. The van der Waals surface area contributed by atoms with Crippen LogP contribution in [0.2, 0.25) is 0 Å². The second kappa shape index (κ2) is 5.97. The third kappa shape index (κ3) is 2.94. The van der Waals surface area contributed by atoms with Crippen molar-refractivity contribution in [1.29, 1.82) is 0 Å². The Hall–Kier alpha value is -3.07. The molecule has 23 heavy (non-hydrogen) atoms. The van der Waals surface area contributed by atoms with Crippen molar-refractivity contribution in [1.82, 2.24) is 9.36 Å². The number of hydrogen-bond acceptors (Lipinski definition) is 7. The van der Waals surface area contributed by atoms with Crippen LogP contribution in [0, 0.1) is 10.1 Å². The molecule has 0 aliphatic heterocycles. The van der Waals surface area contributed by atoms with Crippen LogP contribution >= 0.6 is 11.5 Å². The van der Waals surface area contributed by atoms with E-state index < -0.39 is 10.8 Å². The number of ether oxygens (including phenoxy) is 1. The zero-order valence-corrected chi connectivity index (χ0v) is 12.7. The van der Waals surface area contributed by atoms with Gasteiger partial charge in [0.1, 0.15) is 0 Å². The summed E-state index contributed by atoms with van der Waals surface area (Å²) in [6, 6.07) is 7.43. The van der Waals surface area contributed by atoms with E-state index in [2.05, 4.69) is 14.7 Å². The second-order valence-corrected chi connectivity index (χ2v) is 5.31. The van der Waals surface area contributed by atoms with Crippen molar-refractivity contribution in [3.8, 4) is 5.88 Å². The highest BCUT2D eigenvalue weighted by atomic mass is 32.1. The first kappa shape index (κ1) is 14.9. The van der Waals surface area contributed by atoms with E-state index in [1.54, 1.807) is 6.07 Å². The van der Waals surface area contributed by atoms with Crippen molar-refractivity contribution in [2.24, 2.45) is 0 Å². The summed E-state index contributed by atoms with van der Waals surface area (Å²) in [6.07, 6.45) is 1.46. The van der Waals surface area contributed by atoms with Gasteiger partial charge >= 0.3 is 0 Å². The standard InChI is InChI=1S/C14H10N4O4S/c1-22-12-6-8(4-5-15-12)14(19)16-13-10-7-9(18(20)21)2-3-11(10)23-17-13/h2-7H,1H3,(H,16,17,19). The van der Waals surface area contributed by atoms with Crippen molar-refractivity contribution in [3.63, 3.8) is 0 Å². The van der Waals surface area contributed by atoms with Gasteiger partial charge in [-0.2, -0.15) is 4.37 Å². The Morgan fingerprint density at radius 2 is 2.17 bits per heavy atom. The first-order chi connectivity index (χ1) is 11.1. The Morgan fingerprint density at radius 1 is 1.35 bits per heavy atom. The summed E-state index contributed by atoms with van der Waals surface area (Å²) < 4.78 is 9.87. The molecular weight excluding hydrogens is 320 g/mol. The Bertz CT molecular complexity index is 909. The van der Waals surface area contributed by atoms with Gasteiger partial charge in [0.2, 0.25) is 5.88 Å². The van der Waals surface area contributed by atoms with Crippen LogP contribution < -0.4 is 10.1 Å². The summed E-state index contributed by atoms with van der Waals surface area (Å²) >= 11 is 1.15. The molecule has 3 rings (SSSR count).